The number of carbonyl (C=O) groups is 1. The summed E-state index contributed by atoms with van der Waals surface area (Å²) < 4.78 is 27.3. The van der Waals surface area contributed by atoms with E-state index in [9.17, 15) is 13.2 Å². The highest BCUT2D eigenvalue weighted by Crippen LogP contribution is 2.23. The molecule has 0 unspecified atom stereocenters. The first kappa shape index (κ1) is 21.3. The summed E-state index contributed by atoms with van der Waals surface area (Å²) in [5.74, 6) is 0.768. The minimum atomic E-state index is -3.62. The number of hydrogen-bond donors (Lipinski definition) is 0. The fourth-order valence-electron chi connectivity index (χ4n) is 3.58. The molecule has 1 amide bonds. The Balaban J connectivity index is 1.77. The number of piperazine rings is 1. The molecule has 1 aromatic heterocycles. The summed E-state index contributed by atoms with van der Waals surface area (Å²) in [4.78, 5) is 21.5. The van der Waals surface area contributed by atoms with Crippen LogP contribution in [0.25, 0.3) is 0 Å². The lowest BCUT2D eigenvalue weighted by atomic mass is 10.1. The van der Waals surface area contributed by atoms with Crippen LogP contribution in [0.4, 0.5) is 5.82 Å². The van der Waals surface area contributed by atoms with Crippen molar-refractivity contribution in [2.24, 2.45) is 0 Å². The maximum atomic E-state index is 13.0. The van der Waals surface area contributed by atoms with Crippen molar-refractivity contribution in [3.63, 3.8) is 0 Å². The molecule has 156 valence electrons. The summed E-state index contributed by atoms with van der Waals surface area (Å²) in [6.07, 6.45) is 1.76. The lowest BCUT2D eigenvalue weighted by Crippen LogP contribution is -2.49. The molecule has 8 heteroatoms. The van der Waals surface area contributed by atoms with Gasteiger partial charge < -0.3 is 9.80 Å². The molecule has 0 saturated carbocycles. The number of nitrogens with zero attached hydrogens (tertiary/aromatic N) is 4. The fourth-order valence-corrected chi connectivity index (χ4v) is 5.28. The minimum Gasteiger partial charge on any atom is -0.353 e. The van der Waals surface area contributed by atoms with Crippen LogP contribution in [0.5, 0.6) is 0 Å². The van der Waals surface area contributed by atoms with E-state index in [1.54, 1.807) is 30.2 Å². The van der Waals surface area contributed by atoms with Gasteiger partial charge in [-0.2, -0.15) is 4.31 Å². The largest absolute Gasteiger partial charge is 0.353 e. The zero-order chi connectivity index (χ0) is 21.0. The van der Waals surface area contributed by atoms with Gasteiger partial charge in [0, 0.05) is 51.0 Å². The highest BCUT2D eigenvalue weighted by molar-refractivity contribution is 7.89. The molecule has 7 nitrogen and oxygen atoms in total. The minimum absolute atomic E-state index is 0.137. The van der Waals surface area contributed by atoms with E-state index in [2.05, 4.69) is 9.88 Å². The first-order valence-electron chi connectivity index (χ1n) is 9.94. The fraction of sp³-hybridized carbons (Fsp3) is 0.429. The zero-order valence-electron chi connectivity index (χ0n) is 17.2. The molecular formula is C21H28N4O3S. The molecule has 1 aliphatic heterocycles. The van der Waals surface area contributed by atoms with Crippen LogP contribution in [0, 0.1) is 6.92 Å². The van der Waals surface area contributed by atoms with Crippen LogP contribution in [0.15, 0.2) is 47.5 Å². The van der Waals surface area contributed by atoms with Crippen LogP contribution in [0.2, 0.25) is 0 Å². The van der Waals surface area contributed by atoms with Gasteiger partial charge in [0.25, 0.3) is 5.91 Å². The molecule has 0 N–H and O–H groups in total. The zero-order valence-corrected chi connectivity index (χ0v) is 18.0. The van der Waals surface area contributed by atoms with Crippen molar-refractivity contribution in [1.29, 1.82) is 0 Å². The molecule has 0 bridgehead atoms. The number of benzene rings is 1. The first-order valence-corrected chi connectivity index (χ1v) is 11.4. The molecule has 2 aromatic rings. The van der Waals surface area contributed by atoms with Gasteiger partial charge in [0.05, 0.1) is 4.90 Å². The number of carbonyl (C=O) groups excluding carboxylic acids is 1. The van der Waals surface area contributed by atoms with Gasteiger partial charge in [-0.15, -0.1) is 0 Å². The van der Waals surface area contributed by atoms with Gasteiger partial charge in [-0.25, -0.2) is 13.4 Å². The summed E-state index contributed by atoms with van der Waals surface area (Å²) in [5.41, 5.74) is 1.06. The van der Waals surface area contributed by atoms with Crippen molar-refractivity contribution in [3.05, 3.63) is 53.7 Å². The van der Waals surface area contributed by atoms with Crippen molar-refractivity contribution in [3.8, 4) is 0 Å². The predicted molar refractivity (Wildman–Crippen MR) is 114 cm³/mol. The number of aromatic nitrogens is 1. The van der Waals surface area contributed by atoms with E-state index in [4.69, 9.17) is 0 Å². The normalized spacial score (nSPS) is 15.0. The maximum absolute atomic E-state index is 13.0. The Morgan fingerprint density at radius 3 is 2.34 bits per heavy atom. The number of sulfonamides is 1. The molecule has 1 aliphatic rings. The molecule has 0 atom stereocenters. The maximum Gasteiger partial charge on any atom is 0.254 e. The second-order valence-electron chi connectivity index (χ2n) is 7.04. The van der Waals surface area contributed by atoms with Crippen LogP contribution in [-0.4, -0.2) is 67.8 Å². The average Bonchev–Trinajstić information content (AvgIpc) is 2.75. The third-order valence-corrected chi connectivity index (χ3v) is 7.49. The average molecular weight is 417 g/mol. The van der Waals surface area contributed by atoms with Crippen molar-refractivity contribution in [1.82, 2.24) is 14.2 Å². The predicted octanol–water partition coefficient (Wildman–Crippen LogP) is 2.38. The van der Waals surface area contributed by atoms with Gasteiger partial charge in [0.1, 0.15) is 5.82 Å². The van der Waals surface area contributed by atoms with Gasteiger partial charge in [0.2, 0.25) is 10.0 Å². The standard InChI is InChI=1S/C21H28N4O3S/c1-4-25(5-2)29(27,28)19-16-18(10-9-17(19)3)21(26)24-14-12-23(13-15-24)20-8-6-7-11-22-20/h6-11,16H,4-5,12-15H2,1-3H3. The Morgan fingerprint density at radius 1 is 1.07 bits per heavy atom. The highest BCUT2D eigenvalue weighted by atomic mass is 32.2. The van der Waals surface area contributed by atoms with E-state index in [1.807, 2.05) is 32.0 Å². The summed E-state index contributed by atoms with van der Waals surface area (Å²) in [6, 6.07) is 10.7. The van der Waals surface area contributed by atoms with Crippen LogP contribution in [0.1, 0.15) is 29.8 Å². The van der Waals surface area contributed by atoms with Gasteiger partial charge in [-0.3, -0.25) is 4.79 Å². The van der Waals surface area contributed by atoms with E-state index in [0.717, 1.165) is 5.82 Å². The van der Waals surface area contributed by atoms with Gasteiger partial charge in [0.15, 0.2) is 0 Å². The van der Waals surface area contributed by atoms with E-state index in [1.165, 1.54) is 10.4 Å². The number of hydrogen-bond acceptors (Lipinski definition) is 5. The third-order valence-electron chi connectivity index (χ3n) is 5.30. The number of amides is 1. The van der Waals surface area contributed by atoms with Crippen molar-refractivity contribution in [2.45, 2.75) is 25.7 Å². The molecule has 1 aromatic carbocycles. The smallest absolute Gasteiger partial charge is 0.254 e. The summed E-state index contributed by atoms with van der Waals surface area (Å²) >= 11 is 0. The lowest BCUT2D eigenvalue weighted by Gasteiger charge is -2.35. The van der Waals surface area contributed by atoms with E-state index < -0.39 is 10.0 Å². The summed E-state index contributed by atoms with van der Waals surface area (Å²) in [5, 5.41) is 0. The second-order valence-corrected chi connectivity index (χ2v) is 8.94. The first-order chi connectivity index (χ1) is 13.9. The summed E-state index contributed by atoms with van der Waals surface area (Å²) in [6.45, 7) is 8.70. The molecule has 0 radical (unpaired) electrons. The molecule has 3 rings (SSSR count). The Morgan fingerprint density at radius 2 is 1.76 bits per heavy atom. The number of pyridine rings is 1. The Labute approximate surface area is 173 Å². The quantitative estimate of drug-likeness (QED) is 0.723. The van der Waals surface area contributed by atoms with Crippen LogP contribution < -0.4 is 4.90 Å². The number of aryl methyl sites for hydroxylation is 1. The third kappa shape index (κ3) is 4.43. The second kappa shape index (κ2) is 8.92. The van der Waals surface area contributed by atoms with Gasteiger partial charge in [-0.05, 0) is 36.8 Å². The monoisotopic (exact) mass is 416 g/mol. The number of rotatable bonds is 6. The Hall–Kier alpha value is -2.45. The SMILES string of the molecule is CCN(CC)S(=O)(=O)c1cc(C(=O)N2CCN(c3ccccn3)CC2)ccc1C. The Kier molecular flexibility index (Phi) is 6.54. The van der Waals surface area contributed by atoms with Gasteiger partial charge in [-0.1, -0.05) is 26.0 Å². The topological polar surface area (TPSA) is 73.8 Å². The number of anilines is 1. The van der Waals surface area contributed by atoms with Crippen molar-refractivity contribution >= 4 is 21.7 Å². The molecule has 1 saturated heterocycles. The van der Waals surface area contributed by atoms with Crippen LogP contribution >= 0.6 is 0 Å². The van der Waals surface area contributed by atoms with Crippen LogP contribution in [-0.2, 0) is 10.0 Å². The molecule has 29 heavy (non-hydrogen) atoms. The lowest BCUT2D eigenvalue weighted by molar-refractivity contribution is 0.0746. The molecule has 0 spiro atoms. The van der Waals surface area contributed by atoms with Crippen molar-refractivity contribution < 1.29 is 13.2 Å². The molecule has 2 heterocycles. The Bertz CT molecular complexity index is 951. The van der Waals surface area contributed by atoms with E-state index >= 15 is 0 Å². The van der Waals surface area contributed by atoms with E-state index in [-0.39, 0.29) is 10.8 Å². The molecular weight excluding hydrogens is 388 g/mol. The van der Waals surface area contributed by atoms with E-state index in [0.29, 0.717) is 50.4 Å². The highest BCUT2D eigenvalue weighted by Gasteiger charge is 2.27. The van der Waals surface area contributed by atoms with Gasteiger partial charge >= 0.3 is 0 Å². The van der Waals surface area contributed by atoms with Crippen molar-refractivity contribution in [2.75, 3.05) is 44.2 Å². The molecule has 1 fully saturated rings. The molecule has 0 aliphatic carbocycles. The van der Waals surface area contributed by atoms with Crippen LogP contribution in [0.3, 0.4) is 0 Å². The summed E-state index contributed by atoms with van der Waals surface area (Å²) in [7, 11) is -3.62.